The van der Waals surface area contributed by atoms with Crippen LogP contribution >= 0.6 is 11.6 Å². The van der Waals surface area contributed by atoms with Gasteiger partial charge in [0.25, 0.3) is 5.91 Å². The molecule has 0 bridgehead atoms. The highest BCUT2D eigenvalue weighted by Crippen LogP contribution is 2.33. The minimum atomic E-state index is -0.444. The molecule has 1 saturated heterocycles. The van der Waals surface area contributed by atoms with Gasteiger partial charge in [0.2, 0.25) is 0 Å². The van der Waals surface area contributed by atoms with Gasteiger partial charge in [-0.3, -0.25) is 9.69 Å². The second-order valence-electron chi connectivity index (χ2n) is 6.12. The van der Waals surface area contributed by atoms with Crippen molar-refractivity contribution in [1.29, 1.82) is 0 Å². The summed E-state index contributed by atoms with van der Waals surface area (Å²) in [5.41, 5.74) is 0.342. The van der Waals surface area contributed by atoms with Crippen LogP contribution in [0.25, 0.3) is 0 Å². The van der Waals surface area contributed by atoms with E-state index < -0.39 is 5.82 Å². The number of nitrogens with zero attached hydrogens (tertiary/aromatic N) is 2. The van der Waals surface area contributed by atoms with Gasteiger partial charge in [0.05, 0.1) is 16.7 Å². The molecule has 120 valence electrons. The summed E-state index contributed by atoms with van der Waals surface area (Å²) in [5.74, 6) is -0.134. The van der Waals surface area contributed by atoms with E-state index in [9.17, 15) is 14.3 Å². The quantitative estimate of drug-likeness (QED) is 0.920. The molecule has 1 aromatic rings. The van der Waals surface area contributed by atoms with Crippen LogP contribution in [-0.4, -0.2) is 59.6 Å². The van der Waals surface area contributed by atoms with Crippen LogP contribution in [0.4, 0.5) is 4.39 Å². The van der Waals surface area contributed by atoms with E-state index >= 15 is 0 Å². The first-order chi connectivity index (χ1) is 10.5. The van der Waals surface area contributed by atoms with Crippen LogP contribution in [0.15, 0.2) is 18.2 Å². The van der Waals surface area contributed by atoms with Gasteiger partial charge in [-0.1, -0.05) is 11.6 Å². The lowest BCUT2D eigenvalue weighted by Gasteiger charge is -2.35. The van der Waals surface area contributed by atoms with Gasteiger partial charge in [-0.05, 0) is 37.0 Å². The Morgan fingerprint density at radius 2 is 2.00 bits per heavy atom. The fraction of sp³-hybridized carbons (Fsp3) is 0.562. The third kappa shape index (κ3) is 3.59. The summed E-state index contributed by atoms with van der Waals surface area (Å²) < 4.78 is 13.1. The van der Waals surface area contributed by atoms with E-state index in [1.807, 2.05) is 0 Å². The molecule has 1 atom stereocenters. The minimum Gasteiger partial charge on any atom is -0.392 e. The maximum absolute atomic E-state index is 13.1. The van der Waals surface area contributed by atoms with Gasteiger partial charge in [0, 0.05) is 32.7 Å². The molecular formula is C16H20ClFN2O2. The highest BCUT2D eigenvalue weighted by molar-refractivity contribution is 6.33. The van der Waals surface area contributed by atoms with Crippen LogP contribution in [-0.2, 0) is 0 Å². The third-order valence-corrected chi connectivity index (χ3v) is 4.75. The number of amides is 1. The maximum atomic E-state index is 13.1. The Morgan fingerprint density at radius 3 is 2.59 bits per heavy atom. The summed E-state index contributed by atoms with van der Waals surface area (Å²) in [5, 5.41) is 10.1. The molecule has 2 aliphatic rings. The molecule has 2 fully saturated rings. The number of aliphatic hydroxyl groups excluding tert-OH is 1. The Kier molecular flexibility index (Phi) is 4.66. The summed E-state index contributed by atoms with van der Waals surface area (Å²) in [6, 6.07) is 3.85. The van der Waals surface area contributed by atoms with Crippen molar-refractivity contribution in [3.8, 4) is 0 Å². The Labute approximate surface area is 134 Å². The Morgan fingerprint density at radius 1 is 1.32 bits per heavy atom. The largest absolute Gasteiger partial charge is 0.392 e. The number of benzene rings is 1. The number of carbonyl (C=O) groups is 1. The van der Waals surface area contributed by atoms with Crippen molar-refractivity contribution in [2.45, 2.75) is 18.9 Å². The number of piperazine rings is 1. The van der Waals surface area contributed by atoms with Gasteiger partial charge in [0.15, 0.2) is 0 Å². The van der Waals surface area contributed by atoms with Gasteiger partial charge in [-0.25, -0.2) is 4.39 Å². The van der Waals surface area contributed by atoms with E-state index in [0.717, 1.165) is 32.0 Å². The van der Waals surface area contributed by atoms with Crippen molar-refractivity contribution in [2.24, 2.45) is 5.92 Å². The van der Waals surface area contributed by atoms with Crippen molar-refractivity contribution < 1.29 is 14.3 Å². The summed E-state index contributed by atoms with van der Waals surface area (Å²) in [6.45, 7) is 3.38. The van der Waals surface area contributed by atoms with Crippen molar-refractivity contribution in [3.63, 3.8) is 0 Å². The number of β-amino-alcohol motifs (C(OH)–C–C–N with tert-alkyl or cyclic N) is 1. The van der Waals surface area contributed by atoms with Crippen molar-refractivity contribution in [3.05, 3.63) is 34.6 Å². The van der Waals surface area contributed by atoms with E-state index in [1.54, 1.807) is 4.90 Å². The van der Waals surface area contributed by atoms with E-state index in [1.165, 1.54) is 12.1 Å². The molecule has 0 spiro atoms. The van der Waals surface area contributed by atoms with E-state index in [2.05, 4.69) is 4.90 Å². The topological polar surface area (TPSA) is 43.8 Å². The first kappa shape index (κ1) is 15.7. The summed E-state index contributed by atoms with van der Waals surface area (Å²) in [6.07, 6.45) is 2.01. The fourth-order valence-corrected chi connectivity index (χ4v) is 3.11. The molecule has 1 saturated carbocycles. The highest BCUT2D eigenvalue weighted by atomic mass is 35.5. The molecule has 1 heterocycles. The average Bonchev–Trinajstić information content (AvgIpc) is 3.32. The van der Waals surface area contributed by atoms with Gasteiger partial charge in [-0.15, -0.1) is 0 Å². The van der Waals surface area contributed by atoms with Crippen LogP contribution in [0.2, 0.25) is 5.02 Å². The molecule has 0 radical (unpaired) electrons. The molecule has 1 unspecified atom stereocenters. The molecule has 4 nitrogen and oxygen atoms in total. The zero-order valence-corrected chi connectivity index (χ0v) is 13.1. The predicted molar refractivity (Wildman–Crippen MR) is 82.5 cm³/mol. The first-order valence-electron chi connectivity index (χ1n) is 7.69. The zero-order chi connectivity index (χ0) is 15.7. The number of aliphatic hydroxyl groups is 1. The van der Waals surface area contributed by atoms with E-state index in [4.69, 9.17) is 11.6 Å². The second kappa shape index (κ2) is 6.52. The number of hydrogen-bond donors (Lipinski definition) is 1. The van der Waals surface area contributed by atoms with Crippen molar-refractivity contribution in [1.82, 2.24) is 9.80 Å². The molecule has 1 amide bonds. The monoisotopic (exact) mass is 326 g/mol. The van der Waals surface area contributed by atoms with Crippen molar-refractivity contribution in [2.75, 3.05) is 32.7 Å². The summed E-state index contributed by atoms with van der Waals surface area (Å²) in [4.78, 5) is 16.4. The number of rotatable bonds is 4. The average molecular weight is 327 g/mol. The fourth-order valence-electron chi connectivity index (χ4n) is 2.86. The lowest BCUT2D eigenvalue weighted by molar-refractivity contribution is 0.0489. The predicted octanol–water partition coefficient (Wildman–Crippen LogP) is 2.01. The molecule has 6 heteroatoms. The first-order valence-corrected chi connectivity index (χ1v) is 8.07. The Hall–Kier alpha value is -1.17. The SMILES string of the molecule is O=C(c1ccc(F)cc1Cl)N1CCN(CC(O)C2CC2)CC1. The Balaban J connectivity index is 1.55. The third-order valence-electron chi connectivity index (χ3n) is 4.43. The maximum Gasteiger partial charge on any atom is 0.255 e. The summed E-state index contributed by atoms with van der Waals surface area (Å²) >= 11 is 5.95. The molecule has 22 heavy (non-hydrogen) atoms. The van der Waals surface area contributed by atoms with Gasteiger partial charge >= 0.3 is 0 Å². The molecule has 1 aromatic carbocycles. The molecule has 1 aliphatic carbocycles. The molecule has 1 N–H and O–H groups in total. The van der Waals surface area contributed by atoms with Crippen LogP contribution in [0, 0.1) is 11.7 Å². The molecular weight excluding hydrogens is 307 g/mol. The molecule has 0 aromatic heterocycles. The van der Waals surface area contributed by atoms with Crippen LogP contribution in [0.3, 0.4) is 0 Å². The van der Waals surface area contributed by atoms with Crippen LogP contribution < -0.4 is 0 Å². The number of carbonyl (C=O) groups excluding carboxylic acids is 1. The van der Waals surface area contributed by atoms with E-state index in [-0.39, 0.29) is 17.0 Å². The smallest absolute Gasteiger partial charge is 0.255 e. The lowest BCUT2D eigenvalue weighted by atomic mass is 10.1. The van der Waals surface area contributed by atoms with Gasteiger partial charge < -0.3 is 10.0 Å². The van der Waals surface area contributed by atoms with Crippen molar-refractivity contribution >= 4 is 17.5 Å². The highest BCUT2D eigenvalue weighted by Gasteiger charge is 2.32. The summed E-state index contributed by atoms with van der Waals surface area (Å²) in [7, 11) is 0. The minimum absolute atomic E-state index is 0.150. The normalized spacial score (nSPS) is 21.0. The lowest BCUT2D eigenvalue weighted by Crippen LogP contribution is -2.50. The molecule has 3 rings (SSSR count). The second-order valence-corrected chi connectivity index (χ2v) is 6.53. The van der Waals surface area contributed by atoms with E-state index in [0.29, 0.717) is 31.1 Å². The Bertz CT molecular complexity index is 557. The molecule has 1 aliphatic heterocycles. The van der Waals surface area contributed by atoms with Gasteiger partial charge in [-0.2, -0.15) is 0 Å². The number of halogens is 2. The van der Waals surface area contributed by atoms with Crippen LogP contribution in [0.1, 0.15) is 23.2 Å². The van der Waals surface area contributed by atoms with Crippen LogP contribution in [0.5, 0.6) is 0 Å². The van der Waals surface area contributed by atoms with Gasteiger partial charge in [0.1, 0.15) is 5.82 Å². The standard InChI is InChI=1S/C16H20ClFN2O2/c17-14-9-12(18)3-4-13(14)16(22)20-7-5-19(6-8-20)10-15(21)11-1-2-11/h3-4,9,11,15,21H,1-2,5-8,10H2. The number of hydrogen-bond acceptors (Lipinski definition) is 3. The zero-order valence-electron chi connectivity index (χ0n) is 12.3.